The van der Waals surface area contributed by atoms with Gasteiger partial charge in [0.05, 0.1) is 5.60 Å². The van der Waals surface area contributed by atoms with Crippen LogP contribution in [0.4, 0.5) is 0 Å². The number of nitrogens with one attached hydrogen (secondary N) is 1. The summed E-state index contributed by atoms with van der Waals surface area (Å²) in [6.45, 7) is 12.0. The first-order valence-electron chi connectivity index (χ1n) is 6.75. The van der Waals surface area contributed by atoms with Crippen LogP contribution in [0.3, 0.4) is 0 Å². The van der Waals surface area contributed by atoms with E-state index in [2.05, 4.69) is 39.9 Å². The summed E-state index contributed by atoms with van der Waals surface area (Å²) in [6, 6.07) is 0.183. The Balaban J connectivity index is 2.37. The highest BCUT2D eigenvalue weighted by Gasteiger charge is 2.69. The summed E-state index contributed by atoms with van der Waals surface area (Å²) in [5.74, 6) is 0.698. The highest BCUT2D eigenvalue weighted by molar-refractivity contribution is 5.21. The van der Waals surface area contributed by atoms with Crippen molar-refractivity contribution < 1.29 is 5.11 Å². The maximum Gasteiger partial charge on any atom is 0.0903 e. The molecule has 94 valence electrons. The number of aliphatic hydroxyl groups is 1. The molecule has 0 amide bonds. The van der Waals surface area contributed by atoms with Crippen LogP contribution in [0.5, 0.6) is 0 Å². The minimum Gasteiger partial charge on any atom is -0.387 e. The molecule has 2 aliphatic carbocycles. The molecule has 0 aromatic rings. The smallest absolute Gasteiger partial charge is 0.0903 e. The largest absolute Gasteiger partial charge is 0.387 e. The van der Waals surface area contributed by atoms with E-state index in [1.807, 2.05) is 0 Å². The van der Waals surface area contributed by atoms with E-state index in [0.717, 1.165) is 6.54 Å². The van der Waals surface area contributed by atoms with Gasteiger partial charge in [0.15, 0.2) is 0 Å². The van der Waals surface area contributed by atoms with Crippen molar-refractivity contribution in [2.24, 2.45) is 16.7 Å². The zero-order valence-electron chi connectivity index (χ0n) is 11.4. The molecular formula is C14H27NO. The standard InChI is InChI=1S/C14H27NO/c1-6-15-10(2)14(16)12(3,4)11-7-8-13(14,5)9-11/h10-11,15-16H,6-9H2,1-5H3. The van der Waals surface area contributed by atoms with E-state index < -0.39 is 5.60 Å². The van der Waals surface area contributed by atoms with Gasteiger partial charge in [0, 0.05) is 6.04 Å². The highest BCUT2D eigenvalue weighted by atomic mass is 16.3. The molecule has 0 aliphatic heterocycles. The molecule has 2 saturated carbocycles. The van der Waals surface area contributed by atoms with Crippen LogP contribution in [0.1, 0.15) is 53.9 Å². The zero-order valence-corrected chi connectivity index (χ0v) is 11.4. The van der Waals surface area contributed by atoms with Crippen LogP contribution >= 0.6 is 0 Å². The fourth-order valence-corrected chi connectivity index (χ4v) is 4.83. The molecule has 2 aliphatic rings. The Morgan fingerprint density at radius 1 is 1.38 bits per heavy atom. The summed E-state index contributed by atoms with van der Waals surface area (Å²) < 4.78 is 0. The summed E-state index contributed by atoms with van der Waals surface area (Å²) in [4.78, 5) is 0. The number of likely N-dealkylation sites (N-methyl/N-ethyl adjacent to an activating group) is 1. The van der Waals surface area contributed by atoms with Gasteiger partial charge >= 0.3 is 0 Å². The Morgan fingerprint density at radius 2 is 2.00 bits per heavy atom. The highest BCUT2D eigenvalue weighted by Crippen LogP contribution is 2.68. The van der Waals surface area contributed by atoms with Crippen molar-refractivity contribution in [1.82, 2.24) is 5.32 Å². The lowest BCUT2D eigenvalue weighted by atomic mass is 9.57. The maximum absolute atomic E-state index is 11.3. The van der Waals surface area contributed by atoms with Crippen molar-refractivity contribution in [3.63, 3.8) is 0 Å². The van der Waals surface area contributed by atoms with Crippen molar-refractivity contribution in [3.8, 4) is 0 Å². The summed E-state index contributed by atoms with van der Waals surface area (Å²) in [7, 11) is 0. The predicted molar refractivity (Wildman–Crippen MR) is 67.3 cm³/mol. The van der Waals surface area contributed by atoms with Gasteiger partial charge < -0.3 is 10.4 Å². The van der Waals surface area contributed by atoms with E-state index in [-0.39, 0.29) is 16.9 Å². The van der Waals surface area contributed by atoms with Crippen LogP contribution in [-0.4, -0.2) is 23.3 Å². The Kier molecular flexibility index (Phi) is 2.67. The zero-order chi connectivity index (χ0) is 12.2. The van der Waals surface area contributed by atoms with Crippen molar-refractivity contribution >= 4 is 0 Å². The van der Waals surface area contributed by atoms with Crippen LogP contribution in [0.2, 0.25) is 0 Å². The first-order chi connectivity index (χ1) is 7.29. The fourth-order valence-electron chi connectivity index (χ4n) is 4.83. The van der Waals surface area contributed by atoms with Gasteiger partial charge in [0.25, 0.3) is 0 Å². The molecule has 2 fully saturated rings. The average molecular weight is 225 g/mol. The first-order valence-corrected chi connectivity index (χ1v) is 6.75. The van der Waals surface area contributed by atoms with Gasteiger partial charge in [-0.3, -0.25) is 0 Å². The topological polar surface area (TPSA) is 32.3 Å². The van der Waals surface area contributed by atoms with Gasteiger partial charge in [-0.25, -0.2) is 0 Å². The van der Waals surface area contributed by atoms with Crippen LogP contribution in [0.25, 0.3) is 0 Å². The van der Waals surface area contributed by atoms with E-state index in [4.69, 9.17) is 0 Å². The molecule has 0 aromatic heterocycles. The van der Waals surface area contributed by atoms with Crippen LogP contribution in [0.15, 0.2) is 0 Å². The molecule has 2 rings (SSSR count). The lowest BCUT2D eigenvalue weighted by Crippen LogP contribution is -2.64. The quantitative estimate of drug-likeness (QED) is 0.773. The number of hydrogen-bond acceptors (Lipinski definition) is 2. The van der Waals surface area contributed by atoms with Crippen LogP contribution in [-0.2, 0) is 0 Å². The van der Waals surface area contributed by atoms with Gasteiger partial charge in [-0.1, -0.05) is 27.7 Å². The molecule has 4 unspecified atom stereocenters. The molecule has 0 heterocycles. The summed E-state index contributed by atoms with van der Waals surface area (Å²) in [6.07, 6.45) is 3.68. The van der Waals surface area contributed by atoms with E-state index in [1.54, 1.807) is 0 Å². The minimum absolute atomic E-state index is 0.0432. The third-order valence-corrected chi connectivity index (χ3v) is 5.80. The van der Waals surface area contributed by atoms with Crippen molar-refractivity contribution in [1.29, 1.82) is 0 Å². The first kappa shape index (κ1) is 12.4. The van der Waals surface area contributed by atoms with E-state index in [9.17, 15) is 5.11 Å². The molecule has 0 radical (unpaired) electrons. The number of rotatable bonds is 3. The Morgan fingerprint density at radius 3 is 2.44 bits per heavy atom. The third kappa shape index (κ3) is 1.20. The van der Waals surface area contributed by atoms with Crippen molar-refractivity contribution in [2.45, 2.75) is 65.5 Å². The molecule has 2 N–H and O–H groups in total. The summed E-state index contributed by atoms with van der Waals surface area (Å²) >= 11 is 0. The molecule has 2 bridgehead atoms. The van der Waals surface area contributed by atoms with Gasteiger partial charge in [-0.15, -0.1) is 0 Å². The second-order valence-corrected chi connectivity index (χ2v) is 6.77. The normalized spacial score (nSPS) is 47.2. The second-order valence-electron chi connectivity index (χ2n) is 6.77. The number of fused-ring (bicyclic) bond motifs is 2. The minimum atomic E-state index is -0.557. The monoisotopic (exact) mass is 225 g/mol. The summed E-state index contributed by atoms with van der Waals surface area (Å²) in [5, 5.41) is 14.7. The Hall–Kier alpha value is -0.0800. The van der Waals surface area contributed by atoms with E-state index in [0.29, 0.717) is 5.92 Å². The summed E-state index contributed by atoms with van der Waals surface area (Å²) in [5.41, 5.74) is -0.400. The van der Waals surface area contributed by atoms with Gasteiger partial charge in [0.1, 0.15) is 0 Å². The third-order valence-electron chi connectivity index (χ3n) is 5.80. The van der Waals surface area contributed by atoms with Crippen molar-refractivity contribution in [3.05, 3.63) is 0 Å². The second kappa shape index (κ2) is 3.46. The molecule has 16 heavy (non-hydrogen) atoms. The SMILES string of the molecule is CCNC(C)C1(O)C2(C)CCC(C2)C1(C)C. The fraction of sp³-hybridized carbons (Fsp3) is 1.00. The Labute approximate surface area is 99.8 Å². The van der Waals surface area contributed by atoms with Gasteiger partial charge in [-0.2, -0.15) is 0 Å². The van der Waals surface area contributed by atoms with Crippen molar-refractivity contribution in [2.75, 3.05) is 6.54 Å². The molecular weight excluding hydrogens is 198 g/mol. The molecule has 2 heteroatoms. The van der Waals surface area contributed by atoms with Gasteiger partial charge in [-0.05, 0) is 49.5 Å². The maximum atomic E-state index is 11.3. The number of hydrogen-bond donors (Lipinski definition) is 2. The van der Waals surface area contributed by atoms with E-state index >= 15 is 0 Å². The molecule has 0 saturated heterocycles. The lowest BCUT2D eigenvalue weighted by Gasteiger charge is -2.54. The molecule has 0 aromatic carbocycles. The molecule has 4 atom stereocenters. The Bertz CT molecular complexity index is 282. The molecule has 2 nitrogen and oxygen atoms in total. The predicted octanol–water partition coefficient (Wildman–Crippen LogP) is 2.56. The van der Waals surface area contributed by atoms with E-state index in [1.165, 1.54) is 19.3 Å². The molecule has 0 spiro atoms. The van der Waals surface area contributed by atoms with Gasteiger partial charge in [0.2, 0.25) is 0 Å². The lowest BCUT2D eigenvalue weighted by molar-refractivity contribution is -0.161. The van der Waals surface area contributed by atoms with Crippen LogP contribution < -0.4 is 5.32 Å². The average Bonchev–Trinajstić information content (AvgIpc) is 2.66. The van der Waals surface area contributed by atoms with Crippen LogP contribution in [0, 0.1) is 16.7 Å².